The summed E-state index contributed by atoms with van der Waals surface area (Å²) in [6.45, 7) is 5.04. The van der Waals surface area contributed by atoms with Crippen molar-refractivity contribution >= 4 is 39.1 Å². The first-order valence-corrected chi connectivity index (χ1v) is 15.2. The third kappa shape index (κ3) is 8.20. The molecule has 11 heteroatoms. The Balaban J connectivity index is 2.06. The van der Waals surface area contributed by atoms with Crippen LogP contribution in [0.1, 0.15) is 39.2 Å². The number of ether oxygens (including phenoxy) is 1. The number of carbonyl (C=O) groups excluding carboxylic acids is 2. The molecule has 0 fully saturated rings. The molecule has 8 nitrogen and oxygen atoms in total. The first kappa shape index (κ1) is 31.9. The Kier molecular flexibility index (Phi) is 11.5. The number of para-hydroxylation sites is 2. The van der Waals surface area contributed by atoms with Gasteiger partial charge in [0.25, 0.3) is 10.0 Å². The van der Waals surface area contributed by atoms with Crippen molar-refractivity contribution in [3.05, 3.63) is 89.2 Å². The predicted octanol–water partition coefficient (Wildman–Crippen LogP) is 5.41. The summed E-state index contributed by atoms with van der Waals surface area (Å²) in [4.78, 5) is 28.1. The molecule has 0 aliphatic carbocycles. The molecule has 220 valence electrons. The van der Waals surface area contributed by atoms with Crippen molar-refractivity contribution in [2.75, 3.05) is 24.0 Å². The first-order valence-electron chi connectivity index (χ1n) is 13.4. The van der Waals surface area contributed by atoms with Gasteiger partial charge in [-0.15, -0.1) is 0 Å². The van der Waals surface area contributed by atoms with E-state index in [4.69, 9.17) is 16.3 Å². The van der Waals surface area contributed by atoms with E-state index >= 15 is 0 Å². The Labute approximate surface area is 246 Å². The maximum absolute atomic E-state index is 14.7. The number of hydrogen-bond acceptors (Lipinski definition) is 5. The van der Waals surface area contributed by atoms with Crippen molar-refractivity contribution < 1.29 is 27.1 Å². The van der Waals surface area contributed by atoms with Gasteiger partial charge in [0, 0.05) is 23.7 Å². The highest BCUT2D eigenvalue weighted by Gasteiger charge is 2.34. The van der Waals surface area contributed by atoms with Gasteiger partial charge in [-0.1, -0.05) is 55.3 Å². The lowest BCUT2D eigenvalue weighted by Crippen LogP contribution is -2.51. The second kappa shape index (κ2) is 14.8. The average Bonchev–Trinajstić information content (AvgIpc) is 2.96. The van der Waals surface area contributed by atoms with E-state index in [1.54, 1.807) is 31.2 Å². The number of sulfonamides is 1. The zero-order chi connectivity index (χ0) is 30.0. The topological polar surface area (TPSA) is 96.0 Å². The largest absolute Gasteiger partial charge is 0.492 e. The molecular formula is C30H35ClFN3O5S. The molecule has 1 atom stereocenters. The van der Waals surface area contributed by atoms with Crippen molar-refractivity contribution in [3.8, 4) is 5.75 Å². The van der Waals surface area contributed by atoms with Crippen LogP contribution in [0.3, 0.4) is 0 Å². The number of nitrogens with zero attached hydrogens (tertiary/aromatic N) is 2. The fourth-order valence-electron chi connectivity index (χ4n) is 4.12. The lowest BCUT2D eigenvalue weighted by Gasteiger charge is -2.32. The first-order chi connectivity index (χ1) is 19.6. The van der Waals surface area contributed by atoms with Crippen LogP contribution < -0.4 is 14.4 Å². The van der Waals surface area contributed by atoms with Crippen LogP contribution in [0.2, 0.25) is 5.02 Å². The molecule has 0 saturated heterocycles. The number of unbranched alkanes of at least 4 members (excludes halogenated alkanes) is 1. The maximum atomic E-state index is 14.7. The standard InChI is InChI=1S/C30H35ClFN3O5S/c1-4-6-19-33-30(37)22(3)34(20-23-11-7-8-12-26(23)32)29(36)21-35(27-13-9-10-14-28(27)40-5-2)41(38,39)25-17-15-24(31)16-18-25/h7-18,22H,4-6,19-21H2,1-3H3,(H,33,37)/t22-/m1/s1. The fourth-order valence-corrected chi connectivity index (χ4v) is 5.67. The molecule has 3 aromatic rings. The van der Waals surface area contributed by atoms with Gasteiger partial charge in [-0.05, 0) is 62.7 Å². The summed E-state index contributed by atoms with van der Waals surface area (Å²) >= 11 is 5.99. The van der Waals surface area contributed by atoms with E-state index < -0.39 is 40.2 Å². The summed E-state index contributed by atoms with van der Waals surface area (Å²) in [5.74, 6) is -1.41. The van der Waals surface area contributed by atoms with Crippen LogP contribution in [-0.4, -0.2) is 50.9 Å². The second-order valence-corrected chi connectivity index (χ2v) is 11.6. The Morgan fingerprint density at radius 1 is 1.00 bits per heavy atom. The van der Waals surface area contributed by atoms with Gasteiger partial charge in [-0.25, -0.2) is 12.8 Å². The molecule has 0 heterocycles. The molecule has 0 radical (unpaired) electrons. The van der Waals surface area contributed by atoms with E-state index in [2.05, 4.69) is 5.32 Å². The summed E-state index contributed by atoms with van der Waals surface area (Å²) in [5, 5.41) is 3.15. The van der Waals surface area contributed by atoms with Crippen LogP contribution in [0.15, 0.2) is 77.7 Å². The van der Waals surface area contributed by atoms with Crippen LogP contribution in [0.25, 0.3) is 0 Å². The molecule has 2 amide bonds. The van der Waals surface area contributed by atoms with Gasteiger partial charge in [-0.3, -0.25) is 13.9 Å². The Morgan fingerprint density at radius 3 is 2.32 bits per heavy atom. The average molecular weight is 604 g/mol. The number of anilines is 1. The molecule has 0 aliphatic heterocycles. The van der Waals surface area contributed by atoms with E-state index in [-0.39, 0.29) is 35.0 Å². The van der Waals surface area contributed by atoms with Crippen LogP contribution >= 0.6 is 11.6 Å². The maximum Gasteiger partial charge on any atom is 0.264 e. The molecule has 3 aromatic carbocycles. The number of nitrogens with one attached hydrogen (secondary N) is 1. The van der Waals surface area contributed by atoms with Crippen LogP contribution in [0.4, 0.5) is 10.1 Å². The normalized spacial score (nSPS) is 11.9. The van der Waals surface area contributed by atoms with Gasteiger partial charge < -0.3 is 15.0 Å². The zero-order valence-electron chi connectivity index (χ0n) is 23.3. The minimum atomic E-state index is -4.31. The van der Waals surface area contributed by atoms with Gasteiger partial charge in [0.15, 0.2) is 0 Å². The van der Waals surface area contributed by atoms with Gasteiger partial charge in [0.2, 0.25) is 11.8 Å². The van der Waals surface area contributed by atoms with Gasteiger partial charge in [0.05, 0.1) is 17.2 Å². The van der Waals surface area contributed by atoms with E-state index in [0.717, 1.165) is 17.1 Å². The highest BCUT2D eigenvalue weighted by Crippen LogP contribution is 2.33. The molecule has 3 rings (SSSR count). The molecule has 0 spiro atoms. The number of amides is 2. The molecule has 1 N–H and O–H groups in total. The summed E-state index contributed by atoms with van der Waals surface area (Å²) in [6.07, 6.45) is 1.62. The van der Waals surface area contributed by atoms with E-state index in [1.807, 2.05) is 6.92 Å². The van der Waals surface area contributed by atoms with Crippen molar-refractivity contribution in [2.45, 2.75) is 51.1 Å². The van der Waals surface area contributed by atoms with E-state index in [1.165, 1.54) is 60.4 Å². The third-order valence-corrected chi connectivity index (χ3v) is 8.44. The molecular weight excluding hydrogens is 569 g/mol. The molecule has 0 unspecified atom stereocenters. The fraction of sp³-hybridized carbons (Fsp3) is 0.333. The van der Waals surface area contributed by atoms with Crippen molar-refractivity contribution in [2.24, 2.45) is 0 Å². The van der Waals surface area contributed by atoms with Crippen molar-refractivity contribution in [1.29, 1.82) is 0 Å². The van der Waals surface area contributed by atoms with E-state index in [9.17, 15) is 22.4 Å². The third-order valence-electron chi connectivity index (χ3n) is 6.41. The lowest BCUT2D eigenvalue weighted by atomic mass is 10.1. The smallest absolute Gasteiger partial charge is 0.264 e. The molecule has 0 aliphatic rings. The Hall–Kier alpha value is -3.63. The van der Waals surface area contributed by atoms with Gasteiger partial charge >= 0.3 is 0 Å². The Morgan fingerprint density at radius 2 is 1.66 bits per heavy atom. The SMILES string of the molecule is CCCCNC(=O)[C@@H](C)N(Cc1ccccc1F)C(=O)CN(c1ccccc1OCC)S(=O)(=O)c1ccc(Cl)cc1. The number of rotatable bonds is 14. The Bertz CT molecular complexity index is 1440. The number of hydrogen-bond donors (Lipinski definition) is 1. The minimum absolute atomic E-state index is 0.0907. The molecule has 0 saturated carbocycles. The predicted molar refractivity (Wildman–Crippen MR) is 158 cm³/mol. The number of benzene rings is 3. The van der Waals surface area contributed by atoms with E-state index in [0.29, 0.717) is 11.6 Å². The minimum Gasteiger partial charge on any atom is -0.492 e. The number of halogens is 2. The van der Waals surface area contributed by atoms with Gasteiger partial charge in [0.1, 0.15) is 24.2 Å². The summed E-state index contributed by atoms with van der Waals surface area (Å²) in [6, 6.07) is 17.0. The van der Waals surface area contributed by atoms with Crippen molar-refractivity contribution in [3.63, 3.8) is 0 Å². The van der Waals surface area contributed by atoms with Gasteiger partial charge in [-0.2, -0.15) is 0 Å². The second-order valence-electron chi connectivity index (χ2n) is 9.30. The van der Waals surface area contributed by atoms with Crippen LogP contribution in [-0.2, 0) is 26.2 Å². The van der Waals surface area contributed by atoms with Crippen LogP contribution in [0, 0.1) is 5.82 Å². The highest BCUT2D eigenvalue weighted by molar-refractivity contribution is 7.92. The monoisotopic (exact) mass is 603 g/mol. The zero-order valence-corrected chi connectivity index (χ0v) is 24.9. The summed E-state index contributed by atoms with van der Waals surface area (Å²) in [7, 11) is -4.31. The highest BCUT2D eigenvalue weighted by atomic mass is 35.5. The summed E-state index contributed by atoms with van der Waals surface area (Å²) in [5.41, 5.74) is 0.333. The molecule has 0 bridgehead atoms. The lowest BCUT2D eigenvalue weighted by molar-refractivity contribution is -0.139. The molecule has 0 aromatic heterocycles. The van der Waals surface area contributed by atoms with Crippen molar-refractivity contribution in [1.82, 2.24) is 10.2 Å². The number of carbonyl (C=O) groups is 2. The quantitative estimate of drug-likeness (QED) is 0.249. The van der Waals surface area contributed by atoms with Crippen LogP contribution in [0.5, 0.6) is 5.75 Å². The summed E-state index contributed by atoms with van der Waals surface area (Å²) < 4.78 is 49.2. The molecule has 41 heavy (non-hydrogen) atoms.